The highest BCUT2D eigenvalue weighted by molar-refractivity contribution is 6.30. The van der Waals surface area contributed by atoms with Gasteiger partial charge in [0.05, 0.1) is 6.21 Å². The zero-order valence-corrected chi connectivity index (χ0v) is 12.0. The summed E-state index contributed by atoms with van der Waals surface area (Å²) in [6, 6.07) is 9.79. The molecule has 0 radical (unpaired) electrons. The number of nitrogens with one attached hydrogen (secondary N) is 1. The first kappa shape index (κ1) is 15.9. The smallest absolute Gasteiger partial charge is 0.277 e. The van der Waals surface area contributed by atoms with Crippen molar-refractivity contribution in [3.63, 3.8) is 0 Å². The van der Waals surface area contributed by atoms with Gasteiger partial charge in [-0.1, -0.05) is 17.7 Å². The van der Waals surface area contributed by atoms with Crippen LogP contribution in [0.5, 0.6) is 5.75 Å². The van der Waals surface area contributed by atoms with Gasteiger partial charge in [0.15, 0.2) is 18.2 Å². The largest absolute Gasteiger partial charge is 0.484 e. The molecule has 2 aromatic carbocycles. The molecular formula is C15H11ClF2N2O2. The van der Waals surface area contributed by atoms with E-state index in [-0.39, 0.29) is 6.61 Å². The average molecular weight is 325 g/mol. The zero-order valence-electron chi connectivity index (χ0n) is 11.2. The Bertz CT molecular complexity index is 690. The van der Waals surface area contributed by atoms with Crippen molar-refractivity contribution in [1.82, 2.24) is 5.43 Å². The highest BCUT2D eigenvalue weighted by Crippen LogP contribution is 2.15. The van der Waals surface area contributed by atoms with Gasteiger partial charge in [-0.2, -0.15) is 5.10 Å². The number of hydrogen-bond donors (Lipinski definition) is 1. The van der Waals surface area contributed by atoms with Gasteiger partial charge in [0.2, 0.25) is 0 Å². The van der Waals surface area contributed by atoms with E-state index in [1.807, 2.05) is 0 Å². The normalized spacial score (nSPS) is 10.7. The van der Waals surface area contributed by atoms with Gasteiger partial charge in [0.25, 0.3) is 5.91 Å². The van der Waals surface area contributed by atoms with Crippen LogP contribution in [-0.4, -0.2) is 18.7 Å². The number of rotatable bonds is 5. The molecule has 1 N–H and O–H groups in total. The molecule has 1 amide bonds. The van der Waals surface area contributed by atoms with E-state index in [9.17, 15) is 13.6 Å². The third-order valence-corrected chi connectivity index (χ3v) is 2.78. The SMILES string of the molecule is O=C(COc1ccc(Cl)cc1)N/N=C/c1ccc(F)c(F)c1. The van der Waals surface area contributed by atoms with Crippen molar-refractivity contribution >= 4 is 23.7 Å². The summed E-state index contributed by atoms with van der Waals surface area (Å²) in [6.45, 7) is -0.239. The van der Waals surface area contributed by atoms with Crippen LogP contribution < -0.4 is 10.2 Å². The lowest BCUT2D eigenvalue weighted by atomic mass is 10.2. The number of hydrogen-bond acceptors (Lipinski definition) is 3. The van der Waals surface area contributed by atoms with Crippen molar-refractivity contribution in [2.24, 2.45) is 5.10 Å². The van der Waals surface area contributed by atoms with E-state index in [2.05, 4.69) is 10.5 Å². The van der Waals surface area contributed by atoms with Crippen molar-refractivity contribution in [2.45, 2.75) is 0 Å². The monoisotopic (exact) mass is 324 g/mol. The van der Waals surface area contributed by atoms with Gasteiger partial charge in [0, 0.05) is 5.02 Å². The zero-order chi connectivity index (χ0) is 15.9. The minimum Gasteiger partial charge on any atom is -0.484 e. The number of benzene rings is 2. The molecule has 2 aromatic rings. The van der Waals surface area contributed by atoms with Crippen LogP contribution >= 0.6 is 11.6 Å². The standard InChI is InChI=1S/C15H11ClF2N2O2/c16-11-2-4-12(5-3-11)22-9-15(21)20-19-8-10-1-6-13(17)14(18)7-10/h1-8H,9H2,(H,20,21)/b19-8+. The number of carbonyl (C=O) groups excluding carboxylic acids is 1. The Morgan fingerprint density at radius 2 is 1.91 bits per heavy atom. The van der Waals surface area contributed by atoms with Gasteiger partial charge < -0.3 is 4.74 Å². The molecule has 0 bridgehead atoms. The maximum Gasteiger partial charge on any atom is 0.277 e. The second kappa shape index (κ2) is 7.51. The van der Waals surface area contributed by atoms with E-state index in [0.29, 0.717) is 16.3 Å². The number of hydrazone groups is 1. The van der Waals surface area contributed by atoms with E-state index in [1.165, 1.54) is 12.3 Å². The average Bonchev–Trinajstić information content (AvgIpc) is 2.50. The second-order valence-electron chi connectivity index (χ2n) is 4.21. The molecule has 0 atom stereocenters. The van der Waals surface area contributed by atoms with Gasteiger partial charge in [0.1, 0.15) is 5.75 Å². The minimum absolute atomic E-state index is 0.239. The van der Waals surface area contributed by atoms with E-state index < -0.39 is 17.5 Å². The third kappa shape index (κ3) is 4.82. The summed E-state index contributed by atoms with van der Waals surface area (Å²) >= 11 is 5.72. The number of halogens is 3. The van der Waals surface area contributed by atoms with Crippen molar-refractivity contribution < 1.29 is 18.3 Å². The molecule has 0 aliphatic carbocycles. The van der Waals surface area contributed by atoms with Crippen LogP contribution in [0.1, 0.15) is 5.56 Å². The molecule has 22 heavy (non-hydrogen) atoms. The molecular weight excluding hydrogens is 314 g/mol. The molecule has 0 aliphatic heterocycles. The summed E-state index contributed by atoms with van der Waals surface area (Å²) in [5.41, 5.74) is 2.53. The molecule has 0 aliphatic rings. The van der Waals surface area contributed by atoms with E-state index in [4.69, 9.17) is 16.3 Å². The summed E-state index contributed by atoms with van der Waals surface area (Å²) < 4.78 is 30.9. The number of amides is 1. The van der Waals surface area contributed by atoms with Crippen LogP contribution in [0.2, 0.25) is 5.02 Å². The van der Waals surface area contributed by atoms with Crippen molar-refractivity contribution in [3.8, 4) is 5.75 Å². The van der Waals surface area contributed by atoms with Gasteiger partial charge in [-0.15, -0.1) is 0 Å². The van der Waals surface area contributed by atoms with Gasteiger partial charge in [-0.3, -0.25) is 4.79 Å². The van der Waals surface area contributed by atoms with Crippen molar-refractivity contribution in [2.75, 3.05) is 6.61 Å². The quantitative estimate of drug-likeness (QED) is 0.678. The van der Waals surface area contributed by atoms with Gasteiger partial charge >= 0.3 is 0 Å². The Balaban J connectivity index is 1.80. The summed E-state index contributed by atoms with van der Waals surface area (Å²) in [4.78, 5) is 11.5. The molecule has 0 spiro atoms. The molecule has 0 fully saturated rings. The molecule has 0 saturated carbocycles. The lowest BCUT2D eigenvalue weighted by molar-refractivity contribution is -0.123. The summed E-state index contributed by atoms with van der Waals surface area (Å²) in [6.07, 6.45) is 1.20. The Labute approximate surface area is 130 Å². The molecule has 0 aromatic heterocycles. The summed E-state index contributed by atoms with van der Waals surface area (Å²) in [7, 11) is 0. The van der Waals surface area contributed by atoms with Gasteiger partial charge in [-0.25, -0.2) is 14.2 Å². The van der Waals surface area contributed by atoms with Crippen LogP contribution in [0.3, 0.4) is 0 Å². The Morgan fingerprint density at radius 1 is 1.18 bits per heavy atom. The van der Waals surface area contributed by atoms with Crippen LogP contribution in [0.25, 0.3) is 0 Å². The molecule has 0 unspecified atom stereocenters. The van der Waals surface area contributed by atoms with Crippen LogP contribution in [0.4, 0.5) is 8.78 Å². The van der Waals surface area contributed by atoms with Crippen LogP contribution in [-0.2, 0) is 4.79 Å². The van der Waals surface area contributed by atoms with Crippen LogP contribution in [0, 0.1) is 11.6 Å². The molecule has 4 nitrogen and oxygen atoms in total. The Kier molecular flexibility index (Phi) is 5.43. The van der Waals surface area contributed by atoms with Crippen LogP contribution in [0.15, 0.2) is 47.6 Å². The third-order valence-electron chi connectivity index (χ3n) is 2.53. The van der Waals surface area contributed by atoms with E-state index >= 15 is 0 Å². The number of carbonyl (C=O) groups is 1. The second-order valence-corrected chi connectivity index (χ2v) is 4.65. The fourth-order valence-electron chi connectivity index (χ4n) is 1.48. The summed E-state index contributed by atoms with van der Waals surface area (Å²) in [5.74, 6) is -1.93. The van der Waals surface area contributed by atoms with Crippen molar-refractivity contribution in [3.05, 3.63) is 64.7 Å². The number of nitrogens with zero attached hydrogens (tertiary/aromatic N) is 1. The highest BCUT2D eigenvalue weighted by atomic mass is 35.5. The Hall–Kier alpha value is -2.47. The fourth-order valence-corrected chi connectivity index (χ4v) is 1.61. The topological polar surface area (TPSA) is 50.7 Å². The van der Waals surface area contributed by atoms with E-state index in [1.54, 1.807) is 24.3 Å². The first-order valence-electron chi connectivity index (χ1n) is 6.20. The lowest BCUT2D eigenvalue weighted by Gasteiger charge is -2.04. The molecule has 0 saturated heterocycles. The fraction of sp³-hybridized carbons (Fsp3) is 0.0667. The molecule has 2 rings (SSSR count). The predicted molar refractivity (Wildman–Crippen MR) is 79.0 cm³/mol. The molecule has 114 valence electrons. The first-order valence-corrected chi connectivity index (χ1v) is 6.58. The number of ether oxygens (including phenoxy) is 1. The predicted octanol–water partition coefficient (Wildman–Crippen LogP) is 3.15. The minimum atomic E-state index is -0.985. The first-order chi connectivity index (χ1) is 10.5. The van der Waals surface area contributed by atoms with Gasteiger partial charge in [-0.05, 0) is 42.0 Å². The maximum atomic E-state index is 12.9. The maximum absolute atomic E-state index is 12.9. The molecule has 7 heteroatoms. The lowest BCUT2D eigenvalue weighted by Crippen LogP contribution is -2.24. The summed E-state index contributed by atoms with van der Waals surface area (Å²) in [5, 5.41) is 4.19. The Morgan fingerprint density at radius 3 is 2.59 bits per heavy atom. The highest BCUT2D eigenvalue weighted by Gasteiger charge is 2.02. The molecule has 0 heterocycles. The van der Waals surface area contributed by atoms with E-state index in [0.717, 1.165) is 12.1 Å². The van der Waals surface area contributed by atoms with Crippen molar-refractivity contribution in [1.29, 1.82) is 0 Å².